The Morgan fingerprint density at radius 1 is 1.03 bits per heavy atom. The highest BCUT2D eigenvalue weighted by molar-refractivity contribution is 8.05. The Morgan fingerprint density at radius 2 is 1.71 bits per heavy atom. The third kappa shape index (κ3) is 5.98. The van der Waals surface area contributed by atoms with E-state index in [1.54, 1.807) is 56.7 Å². The topological polar surface area (TPSA) is 91.7 Å². The van der Waals surface area contributed by atoms with Crippen molar-refractivity contribution in [1.82, 2.24) is 5.32 Å². The molecule has 0 saturated carbocycles. The Bertz CT molecular complexity index is 1390. The third-order valence-electron chi connectivity index (χ3n) is 6.00. The maximum Gasteiger partial charge on any atom is 0.264 e. The first kappa shape index (κ1) is 26.8. The van der Waals surface area contributed by atoms with E-state index < -0.39 is 11.2 Å². The second kappa shape index (κ2) is 12.3. The van der Waals surface area contributed by atoms with Crippen molar-refractivity contribution < 1.29 is 23.5 Å². The summed E-state index contributed by atoms with van der Waals surface area (Å²) >= 11 is 1.17. The summed E-state index contributed by atoms with van der Waals surface area (Å²) in [4.78, 5) is 28.0. The van der Waals surface area contributed by atoms with E-state index in [0.717, 1.165) is 11.1 Å². The quantitative estimate of drug-likeness (QED) is 0.320. The van der Waals surface area contributed by atoms with E-state index in [1.165, 1.54) is 28.8 Å². The zero-order valence-corrected chi connectivity index (χ0v) is 21.8. The minimum absolute atomic E-state index is 0.138. The number of nitriles is 1. The van der Waals surface area contributed by atoms with Crippen molar-refractivity contribution in [3.05, 3.63) is 100 Å². The number of nitrogens with zero attached hydrogens (tertiary/aromatic N) is 2. The van der Waals surface area contributed by atoms with E-state index in [1.807, 2.05) is 24.3 Å². The minimum atomic E-state index is -0.571. The lowest BCUT2D eigenvalue weighted by molar-refractivity contribution is -0.117. The number of benzene rings is 3. The SMILES string of the molecule is COc1ccc(CCNC(=O)/C(C#N)=C2\SC(Cc3ccc(F)cc3)C(=O)N2c2ccccc2)cc1OC. The number of carbonyl (C=O) groups excluding carboxylic acids is 2. The van der Waals surface area contributed by atoms with Crippen molar-refractivity contribution >= 4 is 29.3 Å². The molecule has 194 valence electrons. The van der Waals surface area contributed by atoms with Crippen LogP contribution in [-0.2, 0) is 22.4 Å². The number of anilines is 1. The minimum Gasteiger partial charge on any atom is -0.493 e. The summed E-state index contributed by atoms with van der Waals surface area (Å²) in [6, 6.07) is 22.3. The summed E-state index contributed by atoms with van der Waals surface area (Å²) in [6.07, 6.45) is 0.831. The fourth-order valence-electron chi connectivity index (χ4n) is 4.08. The van der Waals surface area contributed by atoms with Gasteiger partial charge in [-0.15, -0.1) is 0 Å². The van der Waals surface area contributed by atoms with Crippen LogP contribution in [0.1, 0.15) is 11.1 Å². The molecule has 1 fully saturated rings. The van der Waals surface area contributed by atoms with Gasteiger partial charge in [0.15, 0.2) is 11.5 Å². The molecule has 0 aliphatic carbocycles. The van der Waals surface area contributed by atoms with Crippen molar-refractivity contribution in [2.75, 3.05) is 25.7 Å². The van der Waals surface area contributed by atoms with E-state index >= 15 is 0 Å². The Balaban J connectivity index is 1.55. The van der Waals surface area contributed by atoms with Crippen molar-refractivity contribution in [3.8, 4) is 17.6 Å². The van der Waals surface area contributed by atoms with Crippen LogP contribution < -0.4 is 19.7 Å². The predicted octanol–water partition coefficient (Wildman–Crippen LogP) is 4.63. The average molecular weight is 532 g/mol. The fourth-order valence-corrected chi connectivity index (χ4v) is 5.39. The molecule has 9 heteroatoms. The smallest absolute Gasteiger partial charge is 0.264 e. The van der Waals surface area contributed by atoms with Gasteiger partial charge in [-0.2, -0.15) is 5.26 Å². The number of carbonyl (C=O) groups is 2. The second-order valence-electron chi connectivity index (χ2n) is 8.43. The molecule has 7 nitrogen and oxygen atoms in total. The van der Waals surface area contributed by atoms with Gasteiger partial charge in [-0.25, -0.2) is 4.39 Å². The van der Waals surface area contributed by atoms with Gasteiger partial charge >= 0.3 is 0 Å². The summed E-state index contributed by atoms with van der Waals surface area (Å²) in [5, 5.41) is 12.5. The van der Waals surface area contributed by atoms with E-state index in [4.69, 9.17) is 9.47 Å². The summed E-state index contributed by atoms with van der Waals surface area (Å²) < 4.78 is 23.9. The van der Waals surface area contributed by atoms with Gasteiger partial charge in [0.05, 0.1) is 19.5 Å². The van der Waals surface area contributed by atoms with Gasteiger partial charge in [-0.1, -0.05) is 48.2 Å². The fraction of sp³-hybridized carbons (Fsp3) is 0.207. The van der Waals surface area contributed by atoms with Crippen LogP contribution in [0.15, 0.2) is 83.4 Å². The van der Waals surface area contributed by atoms with Gasteiger partial charge in [0.1, 0.15) is 22.5 Å². The molecule has 1 atom stereocenters. The van der Waals surface area contributed by atoms with Crippen molar-refractivity contribution in [2.45, 2.75) is 18.1 Å². The van der Waals surface area contributed by atoms with Gasteiger partial charge in [0, 0.05) is 12.2 Å². The molecule has 3 aromatic rings. The Morgan fingerprint density at radius 3 is 2.37 bits per heavy atom. The highest BCUT2D eigenvalue weighted by Crippen LogP contribution is 2.41. The summed E-state index contributed by atoms with van der Waals surface area (Å²) in [6.45, 7) is 0.274. The Labute approximate surface area is 224 Å². The van der Waals surface area contributed by atoms with Crippen LogP contribution in [0.25, 0.3) is 0 Å². The molecule has 38 heavy (non-hydrogen) atoms. The zero-order chi connectivity index (χ0) is 27.1. The number of nitrogens with one attached hydrogen (secondary N) is 1. The molecule has 4 rings (SSSR count). The number of amides is 2. The number of halogens is 1. The van der Waals surface area contributed by atoms with Gasteiger partial charge in [0.2, 0.25) is 5.91 Å². The van der Waals surface area contributed by atoms with E-state index in [2.05, 4.69) is 5.32 Å². The summed E-state index contributed by atoms with van der Waals surface area (Å²) in [7, 11) is 3.11. The lowest BCUT2D eigenvalue weighted by Crippen LogP contribution is -2.32. The first-order valence-corrected chi connectivity index (χ1v) is 12.8. The van der Waals surface area contributed by atoms with Gasteiger partial charge in [-0.3, -0.25) is 14.5 Å². The molecule has 1 N–H and O–H groups in total. The standard InChI is InChI=1S/C29H26FN3O4S/c1-36-24-13-10-20(16-25(24)37-2)14-15-32-27(34)23(18-31)29-33(22-6-4-3-5-7-22)28(35)26(38-29)17-19-8-11-21(30)12-9-19/h3-13,16,26H,14-15,17H2,1-2H3,(H,32,34)/b29-23-. The first-order valence-electron chi connectivity index (χ1n) is 11.9. The highest BCUT2D eigenvalue weighted by Gasteiger charge is 2.40. The molecular formula is C29H26FN3O4S. The van der Waals surface area contributed by atoms with Crippen LogP contribution in [0.2, 0.25) is 0 Å². The molecule has 3 aromatic carbocycles. The van der Waals surface area contributed by atoms with E-state index in [0.29, 0.717) is 30.0 Å². The highest BCUT2D eigenvalue weighted by atomic mass is 32.2. The Hall–Kier alpha value is -4.29. The van der Waals surface area contributed by atoms with Crippen molar-refractivity contribution in [3.63, 3.8) is 0 Å². The number of ether oxygens (including phenoxy) is 2. The number of para-hydroxylation sites is 1. The van der Waals surface area contributed by atoms with Crippen LogP contribution in [0.3, 0.4) is 0 Å². The first-order chi connectivity index (χ1) is 18.4. The normalized spacial score (nSPS) is 16.1. The zero-order valence-electron chi connectivity index (χ0n) is 20.9. The molecule has 1 aliphatic rings. The maximum absolute atomic E-state index is 13.5. The molecular weight excluding hydrogens is 505 g/mol. The van der Waals surface area contributed by atoms with Crippen LogP contribution in [0, 0.1) is 17.1 Å². The number of hydrogen-bond donors (Lipinski definition) is 1. The molecule has 0 bridgehead atoms. The molecule has 1 heterocycles. The van der Waals surface area contributed by atoms with Crippen molar-refractivity contribution in [2.24, 2.45) is 0 Å². The number of methoxy groups -OCH3 is 2. The number of rotatable bonds is 9. The van der Waals surface area contributed by atoms with Crippen LogP contribution in [0.5, 0.6) is 11.5 Å². The maximum atomic E-state index is 13.5. The van der Waals surface area contributed by atoms with E-state index in [9.17, 15) is 19.2 Å². The van der Waals surface area contributed by atoms with Crippen molar-refractivity contribution in [1.29, 1.82) is 5.26 Å². The lowest BCUT2D eigenvalue weighted by atomic mass is 10.1. The second-order valence-corrected chi connectivity index (χ2v) is 9.62. The Kier molecular flexibility index (Phi) is 8.66. The number of hydrogen-bond acceptors (Lipinski definition) is 6. The molecule has 1 unspecified atom stereocenters. The predicted molar refractivity (Wildman–Crippen MR) is 144 cm³/mol. The largest absolute Gasteiger partial charge is 0.493 e. The molecule has 0 radical (unpaired) electrons. The molecule has 0 spiro atoms. The molecule has 2 amide bonds. The van der Waals surface area contributed by atoms with Crippen LogP contribution >= 0.6 is 11.8 Å². The van der Waals surface area contributed by atoms with Crippen LogP contribution in [0.4, 0.5) is 10.1 Å². The monoisotopic (exact) mass is 531 g/mol. The molecule has 1 saturated heterocycles. The molecule has 1 aliphatic heterocycles. The van der Waals surface area contributed by atoms with E-state index in [-0.39, 0.29) is 28.9 Å². The van der Waals surface area contributed by atoms with Gasteiger partial charge in [0.25, 0.3) is 5.91 Å². The third-order valence-corrected chi connectivity index (χ3v) is 7.26. The van der Waals surface area contributed by atoms with Gasteiger partial charge in [-0.05, 0) is 60.4 Å². The average Bonchev–Trinajstić information content (AvgIpc) is 3.25. The summed E-state index contributed by atoms with van der Waals surface area (Å²) in [5.41, 5.74) is 2.13. The van der Waals surface area contributed by atoms with Gasteiger partial charge < -0.3 is 14.8 Å². The summed E-state index contributed by atoms with van der Waals surface area (Å²) in [5.74, 6) is 0.0267. The lowest BCUT2D eigenvalue weighted by Gasteiger charge is -2.18. The van der Waals surface area contributed by atoms with Crippen LogP contribution in [-0.4, -0.2) is 37.8 Å². The molecule has 0 aromatic heterocycles. The number of thioether (sulfide) groups is 1.